The fourth-order valence-corrected chi connectivity index (χ4v) is 8.87. The number of ether oxygens (including phenoxy) is 3. The van der Waals surface area contributed by atoms with Crippen LogP contribution in [-0.4, -0.2) is 37.2 Å². The molecule has 0 unspecified atom stereocenters. The van der Waals surface area contributed by atoms with Crippen molar-refractivity contribution in [1.82, 2.24) is 0 Å². The molecule has 0 saturated heterocycles. The first-order valence-corrected chi connectivity index (χ1v) is 28.7. The molecule has 0 fully saturated rings. The molecule has 0 aliphatic heterocycles. The van der Waals surface area contributed by atoms with Crippen molar-refractivity contribution >= 4 is 17.9 Å². The molecule has 6 nitrogen and oxygen atoms in total. The summed E-state index contributed by atoms with van der Waals surface area (Å²) in [7, 11) is 0. The maximum absolute atomic E-state index is 12.8. The molecular weight excluding hydrogens is 793 g/mol. The van der Waals surface area contributed by atoms with Crippen LogP contribution in [0.25, 0.3) is 0 Å². The molecule has 0 heterocycles. The minimum Gasteiger partial charge on any atom is -0.462 e. The first kappa shape index (κ1) is 62.4. The Morgan fingerprint density at radius 1 is 0.297 bits per heavy atom. The minimum atomic E-state index is -0.763. The highest BCUT2D eigenvalue weighted by atomic mass is 16.6. The topological polar surface area (TPSA) is 78.9 Å². The second-order valence-corrected chi connectivity index (χ2v) is 20.9. The van der Waals surface area contributed by atoms with Crippen molar-refractivity contribution in [3.05, 3.63) is 0 Å². The standard InChI is InChI=1S/C58H112O6/c1-6-7-8-9-10-11-12-13-14-15-16-17-18-19-23-28-33-38-43-48-56(59)62-51-55(52-63-57(60)49-44-39-34-30-25-27-32-37-42-47-54(4)5)64-58(61)50-45-40-35-29-24-21-20-22-26-31-36-41-46-53(2)3/h53-55H,6-52H2,1-5H3/t55-/m0/s1. The summed E-state index contributed by atoms with van der Waals surface area (Å²) in [4.78, 5) is 38.1. The second-order valence-electron chi connectivity index (χ2n) is 20.9. The largest absolute Gasteiger partial charge is 0.462 e. The number of unbranched alkanes of at least 4 members (excludes halogenated alkanes) is 37. The van der Waals surface area contributed by atoms with Crippen LogP contribution in [0.15, 0.2) is 0 Å². The van der Waals surface area contributed by atoms with E-state index in [1.54, 1.807) is 0 Å². The highest BCUT2D eigenvalue weighted by Crippen LogP contribution is 2.18. The monoisotopic (exact) mass is 905 g/mol. The third kappa shape index (κ3) is 51.4. The summed E-state index contributed by atoms with van der Waals surface area (Å²) < 4.78 is 16.9. The van der Waals surface area contributed by atoms with Gasteiger partial charge in [0.05, 0.1) is 0 Å². The Bertz CT molecular complexity index is 978. The van der Waals surface area contributed by atoms with Crippen molar-refractivity contribution in [2.75, 3.05) is 13.2 Å². The molecule has 0 bridgehead atoms. The molecule has 1 atom stereocenters. The fourth-order valence-electron chi connectivity index (χ4n) is 8.87. The quantitative estimate of drug-likeness (QED) is 0.0344. The second kappa shape index (κ2) is 50.8. The van der Waals surface area contributed by atoms with E-state index in [1.807, 2.05) is 0 Å². The number of hydrogen-bond donors (Lipinski definition) is 0. The van der Waals surface area contributed by atoms with Crippen LogP contribution in [0.5, 0.6) is 0 Å². The Morgan fingerprint density at radius 2 is 0.516 bits per heavy atom. The molecule has 0 amide bonds. The van der Waals surface area contributed by atoms with Gasteiger partial charge in [0.25, 0.3) is 0 Å². The number of rotatable bonds is 52. The predicted molar refractivity (Wildman–Crippen MR) is 275 cm³/mol. The zero-order valence-corrected chi connectivity index (χ0v) is 43.9. The van der Waals surface area contributed by atoms with E-state index in [0.29, 0.717) is 19.3 Å². The van der Waals surface area contributed by atoms with E-state index in [-0.39, 0.29) is 31.1 Å². The van der Waals surface area contributed by atoms with Gasteiger partial charge in [0, 0.05) is 19.3 Å². The fraction of sp³-hybridized carbons (Fsp3) is 0.948. The Labute approximate surface area is 399 Å². The highest BCUT2D eigenvalue weighted by molar-refractivity contribution is 5.71. The molecule has 0 spiro atoms. The first-order valence-electron chi connectivity index (χ1n) is 28.7. The summed E-state index contributed by atoms with van der Waals surface area (Å²) in [6, 6.07) is 0. The summed E-state index contributed by atoms with van der Waals surface area (Å²) in [5.74, 6) is 0.798. The zero-order chi connectivity index (χ0) is 46.8. The van der Waals surface area contributed by atoms with E-state index in [2.05, 4.69) is 34.6 Å². The normalized spacial score (nSPS) is 12.0. The van der Waals surface area contributed by atoms with E-state index in [4.69, 9.17) is 14.2 Å². The van der Waals surface area contributed by atoms with Gasteiger partial charge in [-0.15, -0.1) is 0 Å². The molecule has 0 aliphatic carbocycles. The maximum atomic E-state index is 12.8. The van der Waals surface area contributed by atoms with E-state index in [9.17, 15) is 14.4 Å². The molecular formula is C58H112O6. The average Bonchev–Trinajstić information content (AvgIpc) is 3.27. The van der Waals surface area contributed by atoms with E-state index in [0.717, 1.165) is 69.6 Å². The Hall–Kier alpha value is -1.59. The lowest BCUT2D eigenvalue weighted by atomic mass is 10.0. The molecule has 0 aliphatic rings. The van der Waals surface area contributed by atoms with E-state index < -0.39 is 6.10 Å². The zero-order valence-electron chi connectivity index (χ0n) is 43.9. The van der Waals surface area contributed by atoms with Gasteiger partial charge in [-0.1, -0.05) is 285 Å². The SMILES string of the molecule is CCCCCCCCCCCCCCCCCCCCCC(=O)OC[C@@H](COC(=O)CCCCCCCCCCCC(C)C)OC(=O)CCCCCCCCCCCCCCC(C)C. The molecule has 0 N–H and O–H groups in total. The molecule has 0 radical (unpaired) electrons. The third-order valence-electron chi connectivity index (χ3n) is 13.2. The third-order valence-corrected chi connectivity index (χ3v) is 13.2. The molecule has 64 heavy (non-hydrogen) atoms. The molecule has 0 aromatic rings. The van der Waals surface area contributed by atoms with Gasteiger partial charge in [0.2, 0.25) is 0 Å². The van der Waals surface area contributed by atoms with Crippen molar-refractivity contribution in [3.63, 3.8) is 0 Å². The number of esters is 3. The summed E-state index contributed by atoms with van der Waals surface area (Å²) >= 11 is 0. The average molecular weight is 906 g/mol. The molecule has 0 aromatic carbocycles. The van der Waals surface area contributed by atoms with Crippen LogP contribution >= 0.6 is 0 Å². The summed E-state index contributed by atoms with van der Waals surface area (Å²) in [5, 5.41) is 0. The van der Waals surface area contributed by atoms with Crippen LogP contribution < -0.4 is 0 Å². The first-order chi connectivity index (χ1) is 31.2. The van der Waals surface area contributed by atoms with Gasteiger partial charge < -0.3 is 14.2 Å². The highest BCUT2D eigenvalue weighted by Gasteiger charge is 2.19. The van der Waals surface area contributed by atoms with E-state index >= 15 is 0 Å². The van der Waals surface area contributed by atoms with Crippen molar-refractivity contribution in [2.45, 2.75) is 330 Å². The van der Waals surface area contributed by atoms with Crippen LogP contribution in [-0.2, 0) is 28.6 Å². The van der Waals surface area contributed by atoms with Crippen molar-refractivity contribution in [2.24, 2.45) is 11.8 Å². The molecule has 0 rings (SSSR count). The van der Waals surface area contributed by atoms with Crippen molar-refractivity contribution < 1.29 is 28.6 Å². The lowest BCUT2D eigenvalue weighted by Gasteiger charge is -2.18. The van der Waals surface area contributed by atoms with Crippen LogP contribution in [0, 0.1) is 11.8 Å². The van der Waals surface area contributed by atoms with Gasteiger partial charge in [-0.2, -0.15) is 0 Å². The van der Waals surface area contributed by atoms with Gasteiger partial charge in [-0.25, -0.2) is 0 Å². The summed E-state index contributed by atoms with van der Waals surface area (Å²) in [5.41, 5.74) is 0. The van der Waals surface area contributed by atoms with Crippen LogP contribution in [0.1, 0.15) is 324 Å². The van der Waals surface area contributed by atoms with Gasteiger partial charge in [0.15, 0.2) is 6.10 Å². The molecule has 0 aromatic heterocycles. The smallest absolute Gasteiger partial charge is 0.306 e. The van der Waals surface area contributed by atoms with Crippen molar-refractivity contribution in [1.29, 1.82) is 0 Å². The van der Waals surface area contributed by atoms with Crippen LogP contribution in [0.4, 0.5) is 0 Å². The van der Waals surface area contributed by atoms with Crippen LogP contribution in [0.3, 0.4) is 0 Å². The minimum absolute atomic E-state index is 0.0631. The molecule has 0 saturated carbocycles. The molecule has 380 valence electrons. The summed E-state index contributed by atoms with van der Waals surface area (Å²) in [6.07, 6.45) is 53.8. The lowest BCUT2D eigenvalue weighted by molar-refractivity contribution is -0.167. The number of carbonyl (C=O) groups excluding carboxylic acids is 3. The molecule has 6 heteroatoms. The van der Waals surface area contributed by atoms with Gasteiger partial charge in [-0.3, -0.25) is 14.4 Å². The number of carbonyl (C=O) groups is 3. The Kier molecular flexibility index (Phi) is 49.6. The van der Waals surface area contributed by atoms with Crippen molar-refractivity contribution in [3.8, 4) is 0 Å². The predicted octanol–water partition coefficient (Wildman–Crippen LogP) is 18.9. The Morgan fingerprint density at radius 3 is 0.766 bits per heavy atom. The van der Waals surface area contributed by atoms with Gasteiger partial charge in [0.1, 0.15) is 13.2 Å². The lowest BCUT2D eigenvalue weighted by Crippen LogP contribution is -2.30. The maximum Gasteiger partial charge on any atom is 0.306 e. The van der Waals surface area contributed by atoms with Gasteiger partial charge >= 0.3 is 17.9 Å². The number of hydrogen-bond acceptors (Lipinski definition) is 6. The Balaban J connectivity index is 4.26. The summed E-state index contributed by atoms with van der Waals surface area (Å²) in [6.45, 7) is 11.4. The van der Waals surface area contributed by atoms with E-state index in [1.165, 1.54) is 212 Å². The van der Waals surface area contributed by atoms with Gasteiger partial charge in [-0.05, 0) is 31.1 Å². The van der Waals surface area contributed by atoms with Crippen LogP contribution in [0.2, 0.25) is 0 Å².